The molecule has 2 fully saturated rings. The largest absolute Gasteiger partial charge is 0.487 e. The van der Waals surface area contributed by atoms with Gasteiger partial charge in [-0.25, -0.2) is 28.0 Å². The van der Waals surface area contributed by atoms with E-state index in [1.54, 1.807) is 18.6 Å². The number of nitrogens with one attached hydrogen (secondary N) is 1. The van der Waals surface area contributed by atoms with Gasteiger partial charge in [-0.05, 0) is 82.3 Å². The van der Waals surface area contributed by atoms with Gasteiger partial charge in [0.1, 0.15) is 28.8 Å². The number of hydrogen-bond acceptors (Lipinski definition) is 12. The second-order valence-corrected chi connectivity index (χ2v) is 16.6. The maximum Gasteiger partial charge on any atom is 0.335 e. The number of hydrogen-bond donors (Lipinski definition) is 6. The highest BCUT2D eigenvalue weighted by Gasteiger charge is 2.41. The molecule has 3 atom stereocenters. The van der Waals surface area contributed by atoms with E-state index in [1.165, 1.54) is 16.4 Å². The normalized spacial score (nSPS) is 17.7. The molecular weight excluding hydrogens is 819 g/mol. The molecule has 2 aromatic carbocycles. The zero-order valence-corrected chi connectivity index (χ0v) is 33.9. The molecule has 4 heterocycles. The minimum absolute atomic E-state index is 0.0370. The van der Waals surface area contributed by atoms with Crippen LogP contribution in [0.4, 0.5) is 0 Å². The van der Waals surface area contributed by atoms with E-state index in [1.807, 2.05) is 35.9 Å². The van der Waals surface area contributed by atoms with E-state index in [0.717, 1.165) is 55.7 Å². The van der Waals surface area contributed by atoms with Crippen molar-refractivity contribution in [2.45, 2.75) is 68.8 Å². The highest BCUT2D eigenvalue weighted by molar-refractivity contribution is 7.89. The van der Waals surface area contributed by atoms with Crippen LogP contribution in [0.2, 0.25) is 10.0 Å². The first-order chi connectivity index (χ1) is 27.6. The summed E-state index contributed by atoms with van der Waals surface area (Å²) in [6.07, 6.45) is 4.40. The van der Waals surface area contributed by atoms with Gasteiger partial charge < -0.3 is 45.1 Å². The molecule has 1 amide bonds. The van der Waals surface area contributed by atoms with Crippen LogP contribution in [0.25, 0.3) is 16.6 Å². The number of carbonyl (C=O) groups is 3. The van der Waals surface area contributed by atoms with Gasteiger partial charge in [-0.1, -0.05) is 35.3 Å². The molecule has 0 bridgehead atoms. The molecule has 17 nitrogen and oxygen atoms in total. The number of aryl methyl sites for hydroxylation is 1. The number of piperidine rings is 1. The van der Waals surface area contributed by atoms with E-state index in [9.17, 15) is 22.8 Å². The first-order valence-corrected chi connectivity index (χ1v) is 20.8. The van der Waals surface area contributed by atoms with Gasteiger partial charge in [0.15, 0.2) is 12.2 Å². The van der Waals surface area contributed by atoms with Crippen LogP contribution in [-0.2, 0) is 31.0 Å². The Hall–Kier alpha value is -4.40. The lowest BCUT2D eigenvalue weighted by atomic mass is 9.96. The zero-order valence-electron chi connectivity index (χ0n) is 31.6. The van der Waals surface area contributed by atoms with Crippen LogP contribution < -0.4 is 10.1 Å². The van der Waals surface area contributed by atoms with Crippen LogP contribution in [-0.4, -0.2) is 133 Å². The summed E-state index contributed by atoms with van der Waals surface area (Å²) >= 11 is 13.4. The van der Waals surface area contributed by atoms with Crippen LogP contribution >= 0.6 is 23.2 Å². The molecule has 0 spiro atoms. The summed E-state index contributed by atoms with van der Waals surface area (Å²) in [6.45, 7) is 5.43. The SMILES string of the molecule is Cc1cc(-n2ccnc2)c2cccc(OCc3c(Cl)ccc(S(=O)(=O)N4CCC[C@H]4C(=O)NCC4CCN(CCCO)CC4)c3Cl)c2n1.O=C(O)C(O)C(O)C(=O)O. The van der Waals surface area contributed by atoms with E-state index >= 15 is 0 Å². The van der Waals surface area contributed by atoms with Crippen molar-refractivity contribution in [3.8, 4) is 11.4 Å². The lowest BCUT2D eigenvalue weighted by Gasteiger charge is -2.32. The number of benzene rings is 2. The number of nitrogens with zero attached hydrogens (tertiary/aromatic N) is 5. The van der Waals surface area contributed by atoms with Crippen LogP contribution in [0, 0.1) is 12.8 Å². The number of halogens is 2. The number of pyridine rings is 1. The fourth-order valence-corrected chi connectivity index (χ4v) is 9.40. The van der Waals surface area contributed by atoms with Crippen molar-refractivity contribution in [2.24, 2.45) is 5.92 Å². The fraction of sp³-hybridized carbons (Fsp3) is 0.447. The summed E-state index contributed by atoms with van der Waals surface area (Å²) < 4.78 is 37.5. The highest BCUT2D eigenvalue weighted by Crippen LogP contribution is 2.37. The Morgan fingerprint density at radius 2 is 1.72 bits per heavy atom. The van der Waals surface area contributed by atoms with Crippen molar-refractivity contribution in [1.82, 2.24) is 29.1 Å². The van der Waals surface area contributed by atoms with E-state index in [-0.39, 0.29) is 40.6 Å². The Kier molecular flexibility index (Phi) is 15.4. The van der Waals surface area contributed by atoms with E-state index in [4.69, 9.17) is 58.5 Å². The average molecular weight is 866 g/mol. The fourth-order valence-electron chi connectivity index (χ4n) is 6.88. The number of aliphatic hydroxyl groups excluding tert-OH is 3. The summed E-state index contributed by atoms with van der Waals surface area (Å²) in [5.74, 6) is -3.01. The number of imidazole rings is 1. The summed E-state index contributed by atoms with van der Waals surface area (Å²) in [6, 6.07) is 9.64. The molecule has 2 aliphatic rings. The maximum absolute atomic E-state index is 14.0. The second kappa shape index (κ2) is 20.0. The number of carboxylic acids is 2. The smallest absolute Gasteiger partial charge is 0.335 e. The highest BCUT2D eigenvalue weighted by atomic mass is 35.5. The van der Waals surface area contributed by atoms with Gasteiger partial charge >= 0.3 is 11.9 Å². The lowest BCUT2D eigenvalue weighted by molar-refractivity contribution is -0.165. The van der Waals surface area contributed by atoms with Crippen molar-refractivity contribution < 1.29 is 53.1 Å². The number of sulfonamides is 1. The molecule has 0 radical (unpaired) electrons. The Labute approximate surface area is 344 Å². The van der Waals surface area contributed by atoms with Crippen LogP contribution in [0.5, 0.6) is 5.75 Å². The summed E-state index contributed by atoms with van der Waals surface area (Å²) in [7, 11) is -4.14. The first kappa shape index (κ1) is 44.7. The van der Waals surface area contributed by atoms with Crippen LogP contribution in [0.15, 0.2) is 60.0 Å². The third-order valence-corrected chi connectivity index (χ3v) is 12.9. The summed E-state index contributed by atoms with van der Waals surface area (Å²) in [5.41, 5.74) is 2.64. The molecule has 58 heavy (non-hydrogen) atoms. The third-order valence-electron chi connectivity index (χ3n) is 10.0. The summed E-state index contributed by atoms with van der Waals surface area (Å²) in [5, 5.41) is 45.7. The van der Waals surface area contributed by atoms with E-state index in [2.05, 4.69) is 15.2 Å². The Morgan fingerprint density at radius 1 is 1.02 bits per heavy atom. The standard InChI is InChI=1S/C34H40Cl2N6O5S.C4H6O6/c1-23-19-29(41-17-12-37-22-41)25-5-2-7-30(33(25)39-23)47-21-26-27(35)8-9-31(32(26)36)48(45,46)42-14-3-6-28(42)34(44)38-20-24-10-15-40(16-11-24)13-4-18-43;5-1(3(7)8)2(6)4(9)10/h2,5,7-9,12,17,19,22,24,28,43H,3-4,6,10-11,13-16,18,20-21H2,1H3,(H,38,44);1-2,5-6H,(H,7,8)(H,9,10)/t28-;/m0./s1. The number of rotatable bonds is 15. The predicted octanol–water partition coefficient (Wildman–Crippen LogP) is 2.86. The molecule has 0 saturated carbocycles. The van der Waals surface area contributed by atoms with Gasteiger partial charge in [0, 0.05) is 60.3 Å². The van der Waals surface area contributed by atoms with Crippen molar-refractivity contribution in [1.29, 1.82) is 0 Å². The van der Waals surface area contributed by atoms with Crippen LogP contribution in [0.1, 0.15) is 43.4 Å². The predicted molar refractivity (Wildman–Crippen MR) is 212 cm³/mol. The van der Waals surface area contributed by atoms with Gasteiger partial charge in [0.05, 0.1) is 17.0 Å². The van der Waals surface area contributed by atoms with Crippen molar-refractivity contribution in [3.63, 3.8) is 0 Å². The minimum Gasteiger partial charge on any atom is -0.487 e. The molecule has 2 unspecified atom stereocenters. The number of aliphatic carboxylic acids is 2. The molecule has 2 aromatic heterocycles. The van der Waals surface area contributed by atoms with E-state index < -0.39 is 40.2 Å². The number of carbonyl (C=O) groups excluding carboxylic acids is 1. The molecule has 314 valence electrons. The Bertz CT molecular complexity index is 2170. The molecule has 20 heteroatoms. The Morgan fingerprint density at radius 3 is 2.36 bits per heavy atom. The van der Waals surface area contributed by atoms with Gasteiger partial charge in [-0.15, -0.1) is 0 Å². The number of aliphatic hydroxyl groups is 3. The van der Waals surface area contributed by atoms with E-state index in [0.29, 0.717) is 42.1 Å². The number of aromatic nitrogens is 3. The molecule has 2 aliphatic heterocycles. The monoisotopic (exact) mass is 864 g/mol. The minimum atomic E-state index is -4.14. The molecule has 0 aliphatic carbocycles. The Balaban J connectivity index is 0.000000567. The number of para-hydroxylation sites is 1. The molecule has 6 rings (SSSR count). The number of ether oxygens (including phenoxy) is 1. The molecule has 2 saturated heterocycles. The quantitative estimate of drug-likeness (QED) is 0.101. The number of amides is 1. The number of fused-ring (bicyclic) bond motifs is 1. The van der Waals surface area contributed by atoms with Crippen LogP contribution in [0.3, 0.4) is 0 Å². The van der Waals surface area contributed by atoms with Crippen molar-refractivity contribution in [2.75, 3.05) is 39.3 Å². The van der Waals surface area contributed by atoms with Gasteiger partial charge in [0.2, 0.25) is 15.9 Å². The average Bonchev–Trinajstić information content (AvgIpc) is 3.93. The number of carboxylic acid groups (broad SMARTS) is 2. The molecule has 4 aromatic rings. The maximum atomic E-state index is 14.0. The molecule has 6 N–H and O–H groups in total. The third kappa shape index (κ3) is 10.6. The summed E-state index contributed by atoms with van der Waals surface area (Å²) in [4.78, 5) is 44.0. The topological polar surface area (TPSA) is 245 Å². The van der Waals surface area contributed by atoms with Gasteiger partial charge in [-0.2, -0.15) is 4.31 Å². The number of likely N-dealkylation sites (tertiary alicyclic amines) is 1. The second-order valence-electron chi connectivity index (χ2n) is 14.0. The van der Waals surface area contributed by atoms with Crippen molar-refractivity contribution in [3.05, 3.63) is 76.4 Å². The van der Waals surface area contributed by atoms with Gasteiger partial charge in [0.25, 0.3) is 0 Å². The van der Waals surface area contributed by atoms with Gasteiger partial charge in [-0.3, -0.25) is 4.79 Å². The molecular formula is C38H46Cl2N6O11S. The zero-order chi connectivity index (χ0) is 42.1. The lowest BCUT2D eigenvalue weighted by Crippen LogP contribution is -2.47. The first-order valence-electron chi connectivity index (χ1n) is 18.6. The van der Waals surface area contributed by atoms with Crippen molar-refractivity contribution >= 4 is 62.0 Å².